The van der Waals surface area contributed by atoms with Crippen LogP contribution in [0.25, 0.3) is 0 Å². The molecule has 1 aromatic carbocycles. The zero-order valence-corrected chi connectivity index (χ0v) is 13.3. The molecule has 114 valence electrons. The largest absolute Gasteiger partial charge is 0.339 e. The van der Waals surface area contributed by atoms with Crippen LogP contribution in [-0.4, -0.2) is 29.3 Å². The van der Waals surface area contributed by atoms with Gasteiger partial charge in [-0.3, -0.25) is 9.59 Å². The van der Waals surface area contributed by atoms with Gasteiger partial charge in [-0.25, -0.2) is 0 Å². The van der Waals surface area contributed by atoms with Crippen LogP contribution in [-0.2, 0) is 9.59 Å². The second kappa shape index (κ2) is 6.29. The number of rotatable bonds is 4. The summed E-state index contributed by atoms with van der Waals surface area (Å²) in [5, 5.41) is 2.97. The summed E-state index contributed by atoms with van der Waals surface area (Å²) in [5.74, 6) is -0.209. The molecule has 1 fully saturated rings. The number of hydrogen-bond acceptors (Lipinski definition) is 2. The van der Waals surface area contributed by atoms with Gasteiger partial charge < -0.3 is 10.2 Å². The van der Waals surface area contributed by atoms with E-state index in [1.165, 1.54) is 0 Å². The molecule has 4 heteroatoms. The Balaban J connectivity index is 2.05. The van der Waals surface area contributed by atoms with Crippen molar-refractivity contribution in [3.63, 3.8) is 0 Å². The van der Waals surface area contributed by atoms with Gasteiger partial charge in [-0.1, -0.05) is 19.1 Å². The number of anilines is 1. The summed E-state index contributed by atoms with van der Waals surface area (Å²) in [4.78, 5) is 26.2. The molecular weight excluding hydrogens is 264 g/mol. The molecule has 1 heterocycles. The summed E-state index contributed by atoms with van der Waals surface area (Å²) in [6.45, 7) is 8.64. The first-order chi connectivity index (χ1) is 9.93. The lowest BCUT2D eigenvalue weighted by atomic mass is 10.1. The minimum absolute atomic E-state index is 0.0529. The Morgan fingerprint density at radius 3 is 2.81 bits per heavy atom. The number of aryl methyl sites for hydroxylation is 1. The lowest BCUT2D eigenvalue weighted by Gasteiger charge is -2.23. The van der Waals surface area contributed by atoms with E-state index in [0.717, 1.165) is 23.2 Å². The number of hydrogen-bond donors (Lipinski definition) is 1. The first-order valence-corrected chi connectivity index (χ1v) is 7.60. The van der Waals surface area contributed by atoms with Gasteiger partial charge in [0, 0.05) is 24.7 Å². The van der Waals surface area contributed by atoms with E-state index in [-0.39, 0.29) is 23.8 Å². The molecule has 1 aliphatic heterocycles. The summed E-state index contributed by atoms with van der Waals surface area (Å²) in [6.07, 6.45) is 1.23. The molecule has 1 N–H and O–H groups in total. The van der Waals surface area contributed by atoms with Gasteiger partial charge >= 0.3 is 0 Å². The molecule has 21 heavy (non-hydrogen) atoms. The average molecular weight is 288 g/mol. The van der Waals surface area contributed by atoms with Gasteiger partial charge in [0.05, 0.1) is 5.92 Å². The van der Waals surface area contributed by atoms with Gasteiger partial charge in [0.25, 0.3) is 0 Å². The quantitative estimate of drug-likeness (QED) is 0.926. The molecule has 1 saturated heterocycles. The zero-order valence-electron chi connectivity index (χ0n) is 13.3. The van der Waals surface area contributed by atoms with E-state index >= 15 is 0 Å². The Bertz CT molecular complexity index is 554. The van der Waals surface area contributed by atoms with Gasteiger partial charge in [-0.15, -0.1) is 0 Å². The number of carbonyl (C=O) groups excluding carboxylic acids is 2. The third kappa shape index (κ3) is 3.26. The molecule has 0 spiro atoms. The SMILES string of the molecule is CCC(C)N1CC(C(=O)Nc2cccc(C)c2C)CC1=O. The van der Waals surface area contributed by atoms with Crippen LogP contribution >= 0.6 is 0 Å². The second-order valence-corrected chi connectivity index (χ2v) is 5.94. The van der Waals surface area contributed by atoms with Crippen LogP contribution in [0.2, 0.25) is 0 Å². The first-order valence-electron chi connectivity index (χ1n) is 7.60. The van der Waals surface area contributed by atoms with Crippen LogP contribution < -0.4 is 5.32 Å². The van der Waals surface area contributed by atoms with Crippen molar-refractivity contribution in [2.24, 2.45) is 5.92 Å². The number of likely N-dealkylation sites (tertiary alicyclic amines) is 1. The van der Waals surface area contributed by atoms with Crippen molar-refractivity contribution in [1.82, 2.24) is 4.90 Å². The van der Waals surface area contributed by atoms with E-state index in [2.05, 4.69) is 12.2 Å². The highest BCUT2D eigenvalue weighted by Gasteiger charge is 2.36. The monoisotopic (exact) mass is 288 g/mol. The molecule has 2 rings (SSSR count). The number of nitrogens with zero attached hydrogens (tertiary/aromatic N) is 1. The van der Waals surface area contributed by atoms with Crippen molar-refractivity contribution in [3.05, 3.63) is 29.3 Å². The van der Waals surface area contributed by atoms with Gasteiger partial charge in [-0.2, -0.15) is 0 Å². The Morgan fingerprint density at radius 2 is 2.14 bits per heavy atom. The van der Waals surface area contributed by atoms with Crippen molar-refractivity contribution in [2.75, 3.05) is 11.9 Å². The van der Waals surface area contributed by atoms with Crippen molar-refractivity contribution < 1.29 is 9.59 Å². The van der Waals surface area contributed by atoms with Crippen LogP contribution in [0.3, 0.4) is 0 Å². The Labute approximate surface area is 126 Å². The predicted molar refractivity (Wildman–Crippen MR) is 84.1 cm³/mol. The molecule has 4 nitrogen and oxygen atoms in total. The van der Waals surface area contributed by atoms with E-state index < -0.39 is 0 Å². The predicted octanol–water partition coefficient (Wildman–Crippen LogP) is 2.89. The van der Waals surface area contributed by atoms with Crippen LogP contribution in [0.15, 0.2) is 18.2 Å². The fourth-order valence-electron chi connectivity index (χ4n) is 2.67. The van der Waals surface area contributed by atoms with E-state index in [1.807, 2.05) is 43.9 Å². The number of carbonyl (C=O) groups is 2. The smallest absolute Gasteiger partial charge is 0.229 e. The molecule has 1 aliphatic rings. The molecule has 2 amide bonds. The van der Waals surface area contributed by atoms with Crippen LogP contribution in [0.5, 0.6) is 0 Å². The minimum atomic E-state index is -0.244. The Morgan fingerprint density at radius 1 is 1.43 bits per heavy atom. The van der Waals surface area contributed by atoms with E-state index in [0.29, 0.717) is 13.0 Å². The highest BCUT2D eigenvalue weighted by atomic mass is 16.2. The van der Waals surface area contributed by atoms with Crippen molar-refractivity contribution >= 4 is 17.5 Å². The molecule has 0 aromatic heterocycles. The van der Waals surface area contributed by atoms with Crippen molar-refractivity contribution in [2.45, 2.75) is 46.6 Å². The Kier molecular flexibility index (Phi) is 4.66. The average Bonchev–Trinajstić information content (AvgIpc) is 2.85. The van der Waals surface area contributed by atoms with E-state index in [4.69, 9.17) is 0 Å². The second-order valence-electron chi connectivity index (χ2n) is 5.94. The highest BCUT2D eigenvalue weighted by Crippen LogP contribution is 2.24. The fraction of sp³-hybridized carbons (Fsp3) is 0.529. The van der Waals surface area contributed by atoms with Gasteiger partial charge in [0.15, 0.2) is 0 Å². The normalized spacial score (nSPS) is 19.7. The Hall–Kier alpha value is -1.84. The van der Waals surface area contributed by atoms with Crippen LogP contribution in [0.4, 0.5) is 5.69 Å². The van der Waals surface area contributed by atoms with Gasteiger partial charge in [0.1, 0.15) is 0 Å². The van der Waals surface area contributed by atoms with Gasteiger partial charge in [-0.05, 0) is 44.4 Å². The van der Waals surface area contributed by atoms with Gasteiger partial charge in [0.2, 0.25) is 11.8 Å². The van der Waals surface area contributed by atoms with Crippen LogP contribution in [0, 0.1) is 19.8 Å². The zero-order chi connectivity index (χ0) is 15.6. The molecule has 2 unspecified atom stereocenters. The summed E-state index contributed by atoms with van der Waals surface area (Å²) in [5.41, 5.74) is 3.07. The minimum Gasteiger partial charge on any atom is -0.339 e. The third-order valence-electron chi connectivity index (χ3n) is 4.51. The van der Waals surface area contributed by atoms with E-state index in [9.17, 15) is 9.59 Å². The topological polar surface area (TPSA) is 49.4 Å². The highest BCUT2D eigenvalue weighted by molar-refractivity contribution is 5.97. The maximum atomic E-state index is 12.4. The molecule has 2 atom stereocenters. The van der Waals surface area contributed by atoms with E-state index in [1.54, 1.807) is 0 Å². The summed E-state index contributed by atoms with van der Waals surface area (Å²) in [7, 11) is 0. The maximum absolute atomic E-state index is 12.4. The third-order valence-corrected chi connectivity index (χ3v) is 4.51. The molecule has 0 saturated carbocycles. The molecule has 0 bridgehead atoms. The molecule has 1 aromatic rings. The number of nitrogens with one attached hydrogen (secondary N) is 1. The summed E-state index contributed by atoms with van der Waals surface area (Å²) in [6, 6.07) is 6.07. The summed E-state index contributed by atoms with van der Waals surface area (Å²) < 4.78 is 0. The lowest BCUT2D eigenvalue weighted by molar-refractivity contribution is -0.129. The lowest BCUT2D eigenvalue weighted by Crippen LogP contribution is -2.35. The standard InChI is InChI=1S/C17H24N2O2/c1-5-12(3)19-10-14(9-16(19)20)17(21)18-15-8-6-7-11(2)13(15)4/h6-8,12,14H,5,9-10H2,1-4H3,(H,18,21). The maximum Gasteiger partial charge on any atom is 0.229 e. The fourth-order valence-corrected chi connectivity index (χ4v) is 2.67. The number of amides is 2. The van der Waals surface area contributed by atoms with Crippen molar-refractivity contribution in [3.8, 4) is 0 Å². The molecule has 0 radical (unpaired) electrons. The number of benzene rings is 1. The molecular formula is C17H24N2O2. The molecule has 0 aliphatic carbocycles. The first kappa shape index (κ1) is 15.5. The van der Waals surface area contributed by atoms with Crippen molar-refractivity contribution in [1.29, 1.82) is 0 Å². The van der Waals surface area contributed by atoms with Crippen LogP contribution in [0.1, 0.15) is 37.8 Å². The summed E-state index contributed by atoms with van der Waals surface area (Å²) >= 11 is 0.